The van der Waals surface area contributed by atoms with Gasteiger partial charge in [0.15, 0.2) is 5.96 Å². The van der Waals surface area contributed by atoms with Gasteiger partial charge in [0.1, 0.15) is 0 Å². The molecular weight excluding hydrogens is 294 g/mol. The number of hydrogen-bond acceptors (Lipinski definition) is 3. The van der Waals surface area contributed by atoms with Gasteiger partial charge in [0.05, 0.1) is 0 Å². The van der Waals surface area contributed by atoms with Crippen LogP contribution in [0.15, 0.2) is 4.99 Å². The van der Waals surface area contributed by atoms with E-state index in [9.17, 15) is 5.11 Å². The largest absolute Gasteiger partial charge is 0.396 e. The van der Waals surface area contributed by atoms with E-state index in [0.717, 1.165) is 50.7 Å². The minimum atomic E-state index is 0.261. The van der Waals surface area contributed by atoms with Crippen molar-refractivity contribution < 1.29 is 5.11 Å². The first kappa shape index (κ1) is 19.6. The fourth-order valence-electron chi connectivity index (χ4n) is 2.97. The monoisotopic (exact) mass is 329 g/mol. The van der Waals surface area contributed by atoms with Gasteiger partial charge in [-0.25, -0.2) is 0 Å². The number of nitrogens with one attached hydrogen (secondary N) is 1. The fourth-order valence-corrected chi connectivity index (χ4v) is 4.08. The summed E-state index contributed by atoms with van der Waals surface area (Å²) in [5.74, 6) is 3.33. The molecule has 0 aliphatic carbocycles. The number of thioether (sulfide) groups is 1. The van der Waals surface area contributed by atoms with Crippen molar-refractivity contribution in [1.29, 1.82) is 0 Å². The van der Waals surface area contributed by atoms with Crippen molar-refractivity contribution in [2.45, 2.75) is 52.2 Å². The second-order valence-corrected chi connectivity index (χ2v) is 9.03. The fraction of sp³-hybridized carbons (Fsp3) is 0.941. The normalized spacial score (nSPS) is 20.3. The predicted octanol–water partition coefficient (Wildman–Crippen LogP) is 2.82. The first-order chi connectivity index (χ1) is 10.4. The van der Waals surface area contributed by atoms with E-state index in [-0.39, 0.29) is 11.4 Å². The summed E-state index contributed by atoms with van der Waals surface area (Å²) in [7, 11) is 0. The van der Waals surface area contributed by atoms with Crippen LogP contribution in [0, 0.1) is 11.8 Å². The molecule has 2 N–H and O–H groups in total. The van der Waals surface area contributed by atoms with Crippen LogP contribution in [0.25, 0.3) is 0 Å². The molecule has 4 nitrogen and oxygen atoms in total. The number of guanidine groups is 1. The molecule has 130 valence electrons. The molecule has 1 rings (SSSR count). The Hall–Kier alpha value is -0.420. The van der Waals surface area contributed by atoms with E-state index in [4.69, 9.17) is 4.99 Å². The maximum atomic E-state index is 9.26. The summed E-state index contributed by atoms with van der Waals surface area (Å²) in [4.78, 5) is 7.28. The van der Waals surface area contributed by atoms with E-state index in [0.29, 0.717) is 11.8 Å². The van der Waals surface area contributed by atoms with Gasteiger partial charge in [0.2, 0.25) is 0 Å². The highest BCUT2D eigenvalue weighted by atomic mass is 32.2. The van der Waals surface area contributed by atoms with E-state index in [1.807, 2.05) is 11.8 Å². The van der Waals surface area contributed by atoms with Crippen LogP contribution in [0.3, 0.4) is 0 Å². The molecule has 1 heterocycles. The SMILES string of the molecule is CCNC(=NCC(CCO)CC(C)C)N1CCSC(C)(C)C1. The molecule has 22 heavy (non-hydrogen) atoms. The Labute approximate surface area is 141 Å². The maximum Gasteiger partial charge on any atom is 0.193 e. The van der Waals surface area contributed by atoms with Gasteiger partial charge in [-0.05, 0) is 45.4 Å². The van der Waals surface area contributed by atoms with Crippen LogP contribution in [-0.2, 0) is 0 Å². The Morgan fingerprint density at radius 1 is 1.41 bits per heavy atom. The van der Waals surface area contributed by atoms with Crippen molar-refractivity contribution in [3.05, 3.63) is 0 Å². The average molecular weight is 330 g/mol. The highest BCUT2D eigenvalue weighted by molar-refractivity contribution is 8.00. The molecular formula is C17H35N3OS. The Morgan fingerprint density at radius 2 is 2.14 bits per heavy atom. The summed E-state index contributed by atoms with van der Waals surface area (Å²) in [6.07, 6.45) is 1.98. The standard InChI is InChI=1S/C17H35N3OS/c1-6-18-16(20-8-10-22-17(4,5)13-20)19-12-15(7-9-21)11-14(2)3/h14-15,21H,6-13H2,1-5H3,(H,18,19). The van der Waals surface area contributed by atoms with Crippen LogP contribution in [0.4, 0.5) is 0 Å². The first-order valence-corrected chi connectivity index (χ1v) is 9.64. The molecule has 1 saturated heterocycles. The molecule has 1 fully saturated rings. The van der Waals surface area contributed by atoms with Gasteiger partial charge in [-0.3, -0.25) is 4.99 Å². The van der Waals surface area contributed by atoms with Crippen LogP contribution in [-0.4, -0.2) is 59.3 Å². The number of nitrogens with zero attached hydrogens (tertiary/aromatic N) is 2. The summed E-state index contributed by atoms with van der Waals surface area (Å²) in [5.41, 5.74) is 0. The second-order valence-electron chi connectivity index (χ2n) is 7.23. The first-order valence-electron chi connectivity index (χ1n) is 8.66. The molecule has 5 heteroatoms. The Morgan fingerprint density at radius 3 is 2.68 bits per heavy atom. The molecule has 0 bridgehead atoms. The molecule has 1 atom stereocenters. The van der Waals surface area contributed by atoms with E-state index < -0.39 is 0 Å². The number of aliphatic imine (C=N–C) groups is 1. The zero-order chi connectivity index (χ0) is 16.6. The van der Waals surface area contributed by atoms with Gasteiger partial charge in [0.25, 0.3) is 0 Å². The highest BCUT2D eigenvalue weighted by Gasteiger charge is 2.28. The van der Waals surface area contributed by atoms with Crippen LogP contribution in [0.5, 0.6) is 0 Å². The van der Waals surface area contributed by atoms with Crippen LogP contribution < -0.4 is 5.32 Å². The molecule has 0 radical (unpaired) electrons. The molecule has 1 aliphatic heterocycles. The van der Waals surface area contributed by atoms with Gasteiger partial charge < -0.3 is 15.3 Å². The maximum absolute atomic E-state index is 9.26. The quantitative estimate of drug-likeness (QED) is 0.557. The van der Waals surface area contributed by atoms with Gasteiger partial charge in [0, 0.05) is 43.3 Å². The summed E-state index contributed by atoms with van der Waals surface area (Å²) in [6.45, 7) is 15.3. The third-order valence-electron chi connectivity index (χ3n) is 3.90. The van der Waals surface area contributed by atoms with Gasteiger partial charge in [-0.15, -0.1) is 0 Å². The van der Waals surface area contributed by atoms with E-state index >= 15 is 0 Å². The van der Waals surface area contributed by atoms with Crippen LogP contribution in [0.1, 0.15) is 47.5 Å². The van der Waals surface area contributed by atoms with E-state index in [1.54, 1.807) is 0 Å². The summed E-state index contributed by atoms with van der Waals surface area (Å²) in [5, 5.41) is 12.7. The topological polar surface area (TPSA) is 47.9 Å². The molecule has 0 amide bonds. The van der Waals surface area contributed by atoms with Crippen LogP contribution in [0.2, 0.25) is 0 Å². The van der Waals surface area contributed by atoms with Crippen molar-refractivity contribution >= 4 is 17.7 Å². The lowest BCUT2D eigenvalue weighted by atomic mass is 9.94. The lowest BCUT2D eigenvalue weighted by Gasteiger charge is -2.39. The molecule has 0 saturated carbocycles. The van der Waals surface area contributed by atoms with E-state index in [1.165, 1.54) is 0 Å². The van der Waals surface area contributed by atoms with Crippen molar-refractivity contribution in [2.75, 3.05) is 38.5 Å². The lowest BCUT2D eigenvalue weighted by molar-refractivity contribution is 0.245. The zero-order valence-corrected chi connectivity index (χ0v) is 15.9. The summed E-state index contributed by atoms with van der Waals surface area (Å²) >= 11 is 2.04. The zero-order valence-electron chi connectivity index (χ0n) is 15.1. The van der Waals surface area contributed by atoms with Gasteiger partial charge >= 0.3 is 0 Å². The summed E-state index contributed by atoms with van der Waals surface area (Å²) in [6, 6.07) is 0. The number of hydrogen-bond donors (Lipinski definition) is 2. The molecule has 1 aliphatic rings. The predicted molar refractivity (Wildman–Crippen MR) is 98.7 cm³/mol. The molecule has 0 aromatic heterocycles. The smallest absolute Gasteiger partial charge is 0.193 e. The van der Waals surface area contributed by atoms with Crippen molar-refractivity contribution in [1.82, 2.24) is 10.2 Å². The molecule has 0 aromatic carbocycles. The minimum absolute atomic E-state index is 0.261. The third kappa shape index (κ3) is 7.23. The van der Waals surface area contributed by atoms with E-state index in [2.05, 4.69) is 44.8 Å². The van der Waals surface area contributed by atoms with Crippen molar-refractivity contribution in [3.8, 4) is 0 Å². The van der Waals surface area contributed by atoms with Crippen molar-refractivity contribution in [2.24, 2.45) is 16.8 Å². The number of aliphatic hydroxyl groups is 1. The number of aliphatic hydroxyl groups excluding tert-OH is 1. The summed E-state index contributed by atoms with van der Waals surface area (Å²) < 4.78 is 0.289. The molecule has 0 spiro atoms. The highest BCUT2D eigenvalue weighted by Crippen LogP contribution is 2.29. The van der Waals surface area contributed by atoms with Gasteiger partial charge in [-0.1, -0.05) is 13.8 Å². The molecule has 0 aromatic rings. The number of rotatable bonds is 7. The Balaban J connectivity index is 2.70. The minimum Gasteiger partial charge on any atom is -0.396 e. The second kappa shape index (κ2) is 9.66. The molecule has 1 unspecified atom stereocenters. The van der Waals surface area contributed by atoms with Gasteiger partial charge in [-0.2, -0.15) is 11.8 Å². The lowest BCUT2D eigenvalue weighted by Crippen LogP contribution is -2.51. The Kier molecular flexibility index (Phi) is 8.62. The third-order valence-corrected chi connectivity index (χ3v) is 5.20. The Bertz CT molecular complexity index is 345. The van der Waals surface area contributed by atoms with Crippen molar-refractivity contribution in [3.63, 3.8) is 0 Å². The average Bonchev–Trinajstić information content (AvgIpc) is 2.41. The van der Waals surface area contributed by atoms with Crippen LogP contribution >= 0.6 is 11.8 Å².